The van der Waals surface area contributed by atoms with Crippen molar-refractivity contribution in [2.45, 2.75) is 27.4 Å². The van der Waals surface area contributed by atoms with E-state index in [1.54, 1.807) is 0 Å². The molecule has 0 spiro atoms. The Kier molecular flexibility index (Phi) is 5.31. The van der Waals surface area contributed by atoms with Crippen LogP contribution in [0.1, 0.15) is 22.3 Å². The molecular formula is C20H19FN4O. The van der Waals surface area contributed by atoms with E-state index in [9.17, 15) is 4.39 Å². The number of hydrogen-bond acceptors (Lipinski definition) is 5. The maximum atomic E-state index is 13.9. The van der Waals surface area contributed by atoms with E-state index in [0.29, 0.717) is 12.3 Å². The van der Waals surface area contributed by atoms with Crippen molar-refractivity contribution in [3.8, 4) is 6.01 Å². The molecule has 0 N–H and O–H groups in total. The highest BCUT2D eigenvalue weighted by atomic mass is 19.1. The number of halogens is 1. The van der Waals surface area contributed by atoms with Gasteiger partial charge in [0.15, 0.2) is 5.82 Å². The first-order chi connectivity index (χ1) is 12.5. The van der Waals surface area contributed by atoms with E-state index in [0.717, 1.165) is 22.9 Å². The summed E-state index contributed by atoms with van der Waals surface area (Å²) in [5.41, 5.74) is 4.81. The summed E-state index contributed by atoms with van der Waals surface area (Å²) < 4.78 is 19.5. The second-order valence-electron chi connectivity index (χ2n) is 6.09. The van der Waals surface area contributed by atoms with Crippen LogP contribution in [-0.2, 0) is 6.61 Å². The average Bonchev–Trinajstić information content (AvgIpc) is 2.64. The van der Waals surface area contributed by atoms with Crippen LogP contribution in [0.25, 0.3) is 0 Å². The Labute approximate surface area is 151 Å². The first-order valence-electron chi connectivity index (χ1n) is 8.21. The topological polar surface area (TPSA) is 59.7 Å². The third-order valence-electron chi connectivity index (χ3n) is 3.81. The van der Waals surface area contributed by atoms with Crippen molar-refractivity contribution in [1.82, 2.24) is 9.97 Å². The summed E-state index contributed by atoms with van der Waals surface area (Å²) in [6.07, 6.45) is 1.04. The smallest absolute Gasteiger partial charge is 0.318 e. The lowest BCUT2D eigenvalue weighted by atomic mass is 10.1. The minimum Gasteiger partial charge on any atom is -0.459 e. The number of aryl methyl sites for hydroxylation is 3. The molecule has 0 bridgehead atoms. The highest BCUT2D eigenvalue weighted by molar-refractivity contribution is 5.47. The minimum absolute atomic E-state index is 0.0573. The van der Waals surface area contributed by atoms with E-state index in [1.165, 1.54) is 5.56 Å². The summed E-state index contributed by atoms with van der Waals surface area (Å²) in [5.74, 6) is -0.804. The van der Waals surface area contributed by atoms with Crippen LogP contribution in [0.2, 0.25) is 0 Å². The van der Waals surface area contributed by atoms with Crippen LogP contribution >= 0.6 is 0 Å². The van der Waals surface area contributed by atoms with Crippen LogP contribution in [0.3, 0.4) is 0 Å². The van der Waals surface area contributed by atoms with Gasteiger partial charge in [0.05, 0.1) is 11.9 Å². The molecule has 0 saturated heterocycles. The highest BCUT2D eigenvalue weighted by Gasteiger charge is 2.08. The van der Waals surface area contributed by atoms with Gasteiger partial charge in [-0.1, -0.05) is 42.0 Å². The first-order valence-corrected chi connectivity index (χ1v) is 8.21. The fourth-order valence-electron chi connectivity index (χ4n) is 2.24. The van der Waals surface area contributed by atoms with E-state index in [1.807, 2.05) is 63.2 Å². The molecule has 26 heavy (non-hydrogen) atoms. The Hall–Kier alpha value is -3.15. The average molecular weight is 350 g/mol. The molecule has 0 aliphatic carbocycles. The summed E-state index contributed by atoms with van der Waals surface area (Å²) in [6.45, 7) is 6.18. The molecule has 0 unspecified atom stereocenters. The molecule has 3 rings (SSSR count). The second kappa shape index (κ2) is 7.82. The Bertz CT molecular complexity index is 939. The van der Waals surface area contributed by atoms with Crippen LogP contribution in [0.4, 0.5) is 15.9 Å². The highest BCUT2D eigenvalue weighted by Crippen LogP contribution is 2.24. The molecule has 0 aliphatic heterocycles. The molecule has 0 amide bonds. The summed E-state index contributed by atoms with van der Waals surface area (Å²) in [7, 11) is 0. The Morgan fingerprint density at radius 3 is 2.46 bits per heavy atom. The number of nitrogens with zero attached hydrogens (tertiary/aromatic N) is 4. The van der Waals surface area contributed by atoms with E-state index in [-0.39, 0.29) is 11.8 Å². The van der Waals surface area contributed by atoms with Gasteiger partial charge in [-0.05, 0) is 43.5 Å². The number of benzene rings is 2. The molecule has 6 heteroatoms. The van der Waals surface area contributed by atoms with Crippen molar-refractivity contribution in [2.24, 2.45) is 10.2 Å². The third-order valence-corrected chi connectivity index (χ3v) is 3.81. The number of hydrogen-bond donors (Lipinski definition) is 0. The fourth-order valence-corrected chi connectivity index (χ4v) is 2.24. The van der Waals surface area contributed by atoms with Gasteiger partial charge in [-0.25, -0.2) is 9.37 Å². The van der Waals surface area contributed by atoms with Gasteiger partial charge < -0.3 is 4.74 Å². The fraction of sp³-hybridized carbons (Fsp3) is 0.200. The number of rotatable bonds is 5. The van der Waals surface area contributed by atoms with Gasteiger partial charge >= 0.3 is 6.01 Å². The van der Waals surface area contributed by atoms with E-state index in [2.05, 4.69) is 20.2 Å². The standard InChI is InChI=1S/C20H19FN4O/c1-13-5-8-16(9-6-13)12-26-20-22-11-17(21)19(23-20)25-24-18-10-14(2)4-7-15(18)3/h4-11H,12H2,1-3H3. The molecule has 3 aromatic rings. The largest absolute Gasteiger partial charge is 0.459 e. The van der Waals surface area contributed by atoms with Gasteiger partial charge in [0.2, 0.25) is 5.82 Å². The number of ether oxygens (including phenoxy) is 1. The lowest BCUT2D eigenvalue weighted by Gasteiger charge is -2.05. The second-order valence-corrected chi connectivity index (χ2v) is 6.09. The molecular weight excluding hydrogens is 331 g/mol. The minimum atomic E-state index is -0.651. The quantitative estimate of drug-likeness (QED) is 0.568. The summed E-state index contributed by atoms with van der Waals surface area (Å²) in [6, 6.07) is 13.8. The van der Waals surface area contributed by atoms with Crippen LogP contribution in [0.5, 0.6) is 6.01 Å². The van der Waals surface area contributed by atoms with Crippen LogP contribution in [-0.4, -0.2) is 9.97 Å². The van der Waals surface area contributed by atoms with Gasteiger partial charge in [-0.2, -0.15) is 4.98 Å². The number of aromatic nitrogens is 2. The van der Waals surface area contributed by atoms with Crippen molar-refractivity contribution in [3.63, 3.8) is 0 Å². The maximum absolute atomic E-state index is 13.9. The molecule has 0 saturated carbocycles. The lowest BCUT2D eigenvalue weighted by Crippen LogP contribution is -2.00. The number of azo groups is 1. The van der Waals surface area contributed by atoms with Crippen molar-refractivity contribution >= 4 is 11.5 Å². The van der Waals surface area contributed by atoms with Crippen LogP contribution in [0, 0.1) is 26.6 Å². The molecule has 0 fully saturated rings. The molecule has 132 valence electrons. The molecule has 0 atom stereocenters. The third kappa shape index (κ3) is 4.47. The Balaban J connectivity index is 1.75. The SMILES string of the molecule is Cc1ccc(COc2ncc(F)c(N=Nc3cc(C)ccc3C)n2)cc1. The molecule has 2 aromatic carbocycles. The maximum Gasteiger partial charge on any atom is 0.318 e. The van der Waals surface area contributed by atoms with Crippen molar-refractivity contribution < 1.29 is 9.13 Å². The zero-order chi connectivity index (χ0) is 18.5. The van der Waals surface area contributed by atoms with Crippen LogP contribution in [0.15, 0.2) is 58.9 Å². The first kappa shape index (κ1) is 17.7. The van der Waals surface area contributed by atoms with Gasteiger partial charge in [-0.15, -0.1) is 10.2 Å². The van der Waals surface area contributed by atoms with E-state index in [4.69, 9.17) is 4.74 Å². The normalized spacial score (nSPS) is 11.1. The summed E-state index contributed by atoms with van der Waals surface area (Å²) in [5, 5.41) is 8.03. The van der Waals surface area contributed by atoms with Crippen molar-refractivity contribution in [2.75, 3.05) is 0 Å². The Morgan fingerprint density at radius 2 is 1.69 bits per heavy atom. The van der Waals surface area contributed by atoms with Crippen molar-refractivity contribution in [3.05, 3.63) is 76.7 Å². The van der Waals surface area contributed by atoms with Gasteiger partial charge in [0.1, 0.15) is 6.61 Å². The lowest BCUT2D eigenvalue weighted by molar-refractivity contribution is 0.279. The van der Waals surface area contributed by atoms with E-state index >= 15 is 0 Å². The molecule has 5 nitrogen and oxygen atoms in total. The Morgan fingerprint density at radius 1 is 0.962 bits per heavy atom. The van der Waals surface area contributed by atoms with Crippen molar-refractivity contribution in [1.29, 1.82) is 0 Å². The molecule has 0 radical (unpaired) electrons. The predicted molar refractivity (Wildman–Crippen MR) is 97.6 cm³/mol. The molecule has 0 aliphatic rings. The van der Waals surface area contributed by atoms with Gasteiger partial charge in [0.25, 0.3) is 0 Å². The zero-order valence-corrected chi connectivity index (χ0v) is 14.9. The van der Waals surface area contributed by atoms with Crippen LogP contribution < -0.4 is 4.74 Å². The van der Waals surface area contributed by atoms with Gasteiger partial charge in [-0.3, -0.25) is 0 Å². The van der Waals surface area contributed by atoms with E-state index < -0.39 is 5.82 Å². The van der Waals surface area contributed by atoms with Gasteiger partial charge in [0, 0.05) is 0 Å². The predicted octanol–water partition coefficient (Wildman–Crippen LogP) is 5.54. The molecule has 1 heterocycles. The zero-order valence-electron chi connectivity index (χ0n) is 14.9. The molecule has 1 aromatic heterocycles. The summed E-state index contributed by atoms with van der Waals surface area (Å²) >= 11 is 0. The monoisotopic (exact) mass is 350 g/mol. The summed E-state index contributed by atoms with van der Waals surface area (Å²) in [4.78, 5) is 7.85.